The van der Waals surface area contributed by atoms with Gasteiger partial charge in [0.1, 0.15) is 17.7 Å². The highest BCUT2D eigenvalue weighted by atomic mass is 32.1. The molecule has 84 valence electrons. The first-order valence-electron chi connectivity index (χ1n) is 4.76. The van der Waals surface area contributed by atoms with Crippen LogP contribution in [0.15, 0.2) is 12.7 Å². The molecule has 0 aliphatic carbocycles. The number of H-pyrrole nitrogens is 1. The van der Waals surface area contributed by atoms with Crippen molar-refractivity contribution in [3.8, 4) is 0 Å². The lowest BCUT2D eigenvalue weighted by atomic mass is 10.5. The third kappa shape index (κ3) is 1.94. The van der Waals surface area contributed by atoms with Crippen molar-refractivity contribution in [3.63, 3.8) is 0 Å². The minimum absolute atomic E-state index is 0.111. The quantitative estimate of drug-likeness (QED) is 0.639. The third-order valence-corrected chi connectivity index (χ3v) is 2.33. The van der Waals surface area contributed by atoms with Gasteiger partial charge in [0, 0.05) is 0 Å². The number of carbonyl (C=O) groups excluding carboxylic acids is 1. The van der Waals surface area contributed by atoms with E-state index in [2.05, 4.69) is 15.0 Å². The van der Waals surface area contributed by atoms with E-state index in [1.54, 1.807) is 11.5 Å². The van der Waals surface area contributed by atoms with Crippen LogP contribution in [0.4, 0.5) is 0 Å². The number of ether oxygens (including phenoxy) is 1. The Morgan fingerprint density at radius 2 is 2.44 bits per heavy atom. The van der Waals surface area contributed by atoms with Crippen LogP contribution in [0.3, 0.4) is 0 Å². The molecule has 0 saturated heterocycles. The molecule has 0 unspecified atom stereocenters. The number of hydrogen-bond donors (Lipinski definition) is 1. The number of imidazole rings is 1. The van der Waals surface area contributed by atoms with Crippen LogP contribution in [-0.2, 0) is 16.1 Å². The molecule has 16 heavy (non-hydrogen) atoms. The lowest BCUT2D eigenvalue weighted by molar-refractivity contribution is -0.143. The maximum Gasteiger partial charge on any atom is 0.326 e. The van der Waals surface area contributed by atoms with Crippen molar-refractivity contribution >= 4 is 29.4 Å². The van der Waals surface area contributed by atoms with E-state index < -0.39 is 0 Å². The summed E-state index contributed by atoms with van der Waals surface area (Å²) in [6.45, 7) is 2.24. The summed E-state index contributed by atoms with van der Waals surface area (Å²) in [6.07, 6.45) is 3.02. The number of aromatic nitrogens is 4. The van der Waals surface area contributed by atoms with Crippen LogP contribution in [0.5, 0.6) is 0 Å². The van der Waals surface area contributed by atoms with Gasteiger partial charge in [-0.3, -0.25) is 4.79 Å². The number of rotatable bonds is 3. The van der Waals surface area contributed by atoms with Crippen LogP contribution in [0.1, 0.15) is 6.92 Å². The first-order chi connectivity index (χ1) is 7.72. The zero-order valence-electron chi connectivity index (χ0n) is 8.64. The molecule has 0 atom stereocenters. The number of esters is 1. The molecule has 0 amide bonds. The molecule has 2 rings (SSSR count). The molecular weight excluding hydrogens is 228 g/mol. The summed E-state index contributed by atoms with van der Waals surface area (Å²) in [5.41, 5.74) is 1.26. The minimum Gasteiger partial charge on any atom is -0.465 e. The number of fused-ring (bicyclic) bond motifs is 1. The summed E-state index contributed by atoms with van der Waals surface area (Å²) in [6, 6.07) is 0. The molecule has 0 radical (unpaired) electrons. The molecule has 0 saturated carbocycles. The number of hydrogen-bond acceptors (Lipinski definition) is 5. The summed E-state index contributed by atoms with van der Waals surface area (Å²) in [4.78, 5) is 22.2. The van der Waals surface area contributed by atoms with E-state index in [9.17, 15) is 4.79 Å². The van der Waals surface area contributed by atoms with Crippen molar-refractivity contribution in [2.75, 3.05) is 6.61 Å². The molecule has 2 aromatic rings. The zero-order valence-corrected chi connectivity index (χ0v) is 9.45. The summed E-state index contributed by atoms with van der Waals surface area (Å²) < 4.78 is 6.91. The molecule has 0 aliphatic rings. The van der Waals surface area contributed by atoms with Crippen LogP contribution in [0.2, 0.25) is 0 Å². The number of nitrogens with zero attached hydrogens (tertiary/aromatic N) is 3. The van der Waals surface area contributed by atoms with E-state index in [-0.39, 0.29) is 12.5 Å². The molecule has 0 aromatic carbocycles. The highest BCUT2D eigenvalue weighted by Gasteiger charge is 2.08. The second kappa shape index (κ2) is 4.40. The van der Waals surface area contributed by atoms with Crippen molar-refractivity contribution in [1.29, 1.82) is 0 Å². The Hall–Kier alpha value is -1.76. The molecule has 0 bridgehead atoms. The van der Waals surface area contributed by atoms with Crippen molar-refractivity contribution < 1.29 is 9.53 Å². The van der Waals surface area contributed by atoms with Crippen molar-refractivity contribution in [2.24, 2.45) is 0 Å². The number of carbonyl (C=O) groups is 1. The lowest BCUT2D eigenvalue weighted by Crippen LogP contribution is -2.12. The molecule has 1 N–H and O–H groups in total. The Kier molecular flexibility index (Phi) is 2.95. The summed E-state index contributed by atoms with van der Waals surface area (Å²) in [7, 11) is 0. The van der Waals surface area contributed by atoms with E-state index in [4.69, 9.17) is 17.0 Å². The van der Waals surface area contributed by atoms with E-state index in [0.717, 1.165) is 0 Å². The highest BCUT2D eigenvalue weighted by molar-refractivity contribution is 7.71. The number of nitrogens with one attached hydrogen (secondary N) is 1. The van der Waals surface area contributed by atoms with Gasteiger partial charge in [0.05, 0.1) is 19.3 Å². The summed E-state index contributed by atoms with van der Waals surface area (Å²) in [5.74, 6) is -0.307. The van der Waals surface area contributed by atoms with Crippen LogP contribution in [0.25, 0.3) is 11.2 Å². The van der Waals surface area contributed by atoms with E-state index >= 15 is 0 Å². The predicted molar refractivity (Wildman–Crippen MR) is 59.3 cm³/mol. The van der Waals surface area contributed by atoms with Gasteiger partial charge in [-0.25, -0.2) is 9.97 Å². The molecule has 2 heterocycles. The predicted octanol–water partition coefficient (Wildman–Crippen LogP) is 1.05. The summed E-state index contributed by atoms with van der Waals surface area (Å²) >= 11 is 5.01. The molecule has 0 fully saturated rings. The van der Waals surface area contributed by atoms with Gasteiger partial charge in [-0.2, -0.15) is 0 Å². The van der Waals surface area contributed by atoms with Gasteiger partial charge in [0.2, 0.25) is 0 Å². The van der Waals surface area contributed by atoms with Crippen LogP contribution >= 0.6 is 12.2 Å². The second-order valence-electron chi connectivity index (χ2n) is 3.08. The van der Waals surface area contributed by atoms with E-state index in [0.29, 0.717) is 22.4 Å². The average molecular weight is 238 g/mol. The molecule has 7 heteroatoms. The van der Waals surface area contributed by atoms with Gasteiger partial charge in [0.15, 0.2) is 4.64 Å². The maximum atomic E-state index is 11.3. The van der Waals surface area contributed by atoms with Gasteiger partial charge in [-0.05, 0) is 6.92 Å². The van der Waals surface area contributed by atoms with Crippen molar-refractivity contribution in [1.82, 2.24) is 19.5 Å². The topological polar surface area (TPSA) is 72.8 Å². The Bertz CT molecular complexity index is 574. The Morgan fingerprint density at radius 1 is 1.62 bits per heavy atom. The molecule has 6 nitrogen and oxygen atoms in total. The minimum atomic E-state index is -0.307. The van der Waals surface area contributed by atoms with Crippen LogP contribution in [0, 0.1) is 4.64 Å². The van der Waals surface area contributed by atoms with E-state index in [1.165, 1.54) is 12.7 Å². The fourth-order valence-electron chi connectivity index (χ4n) is 1.37. The van der Waals surface area contributed by atoms with Gasteiger partial charge < -0.3 is 14.3 Å². The van der Waals surface area contributed by atoms with Gasteiger partial charge in [-0.1, -0.05) is 12.2 Å². The maximum absolute atomic E-state index is 11.3. The molecule has 2 aromatic heterocycles. The first-order valence-corrected chi connectivity index (χ1v) is 5.17. The fraction of sp³-hybridized carbons (Fsp3) is 0.333. The molecule has 0 spiro atoms. The Balaban J connectivity index is 2.36. The van der Waals surface area contributed by atoms with Crippen molar-refractivity contribution in [2.45, 2.75) is 13.5 Å². The van der Waals surface area contributed by atoms with Gasteiger partial charge in [-0.15, -0.1) is 0 Å². The van der Waals surface area contributed by atoms with Gasteiger partial charge in [0.25, 0.3) is 0 Å². The lowest BCUT2D eigenvalue weighted by Gasteiger charge is -2.03. The number of aromatic amines is 1. The average Bonchev–Trinajstić information content (AvgIpc) is 2.64. The highest BCUT2D eigenvalue weighted by Crippen LogP contribution is 2.09. The third-order valence-electron chi connectivity index (χ3n) is 2.03. The van der Waals surface area contributed by atoms with Crippen molar-refractivity contribution in [3.05, 3.63) is 17.3 Å². The van der Waals surface area contributed by atoms with Crippen LogP contribution < -0.4 is 0 Å². The second-order valence-corrected chi connectivity index (χ2v) is 3.47. The fourth-order valence-corrected chi connectivity index (χ4v) is 1.57. The van der Waals surface area contributed by atoms with E-state index in [1.807, 2.05) is 0 Å². The SMILES string of the molecule is CCOC(=O)Cn1cnc2c(=S)nc[nH]c21. The normalized spacial score (nSPS) is 10.6. The first kappa shape index (κ1) is 10.7. The largest absolute Gasteiger partial charge is 0.465 e. The molecule has 0 aliphatic heterocycles. The van der Waals surface area contributed by atoms with Gasteiger partial charge >= 0.3 is 5.97 Å². The smallest absolute Gasteiger partial charge is 0.326 e. The van der Waals surface area contributed by atoms with Crippen LogP contribution in [-0.4, -0.2) is 32.1 Å². The summed E-state index contributed by atoms with van der Waals surface area (Å²) in [5, 5.41) is 0. The standard InChI is InChI=1S/C9H10N4O2S/c1-2-15-6(14)3-13-5-12-7-8(13)10-4-11-9(7)16/h4-5H,2-3H2,1H3,(H,10,11,16). The molecular formula is C9H10N4O2S. The zero-order chi connectivity index (χ0) is 11.5. The monoisotopic (exact) mass is 238 g/mol. The Labute approximate surface area is 96.3 Å². The Morgan fingerprint density at radius 3 is 3.19 bits per heavy atom.